The van der Waals surface area contributed by atoms with Crippen LogP contribution >= 0.6 is 11.6 Å². The van der Waals surface area contributed by atoms with Gasteiger partial charge in [-0.25, -0.2) is 0 Å². The molecule has 0 radical (unpaired) electrons. The number of halogens is 1. The largest absolute Gasteiger partial charge is 0.391 e. The monoisotopic (exact) mass is 282 g/mol. The Morgan fingerprint density at radius 2 is 2.26 bits per heavy atom. The first-order valence-corrected chi connectivity index (χ1v) is 6.73. The molecule has 19 heavy (non-hydrogen) atoms. The van der Waals surface area contributed by atoms with E-state index in [1.54, 1.807) is 12.1 Å². The zero-order chi connectivity index (χ0) is 14.0. The summed E-state index contributed by atoms with van der Waals surface area (Å²) in [6, 6.07) is 5.67. The van der Waals surface area contributed by atoms with Crippen molar-refractivity contribution >= 4 is 23.6 Å². The first kappa shape index (κ1) is 14.3. The lowest BCUT2D eigenvalue weighted by molar-refractivity contribution is 0.112. The molecule has 0 amide bonds. The SMILES string of the molecule is CN(C)CC1CC(O)CN1c1ccc(C=O)c(Cl)c1. The number of rotatable bonds is 4. The van der Waals surface area contributed by atoms with Crippen molar-refractivity contribution in [1.82, 2.24) is 4.90 Å². The highest BCUT2D eigenvalue weighted by Gasteiger charge is 2.31. The highest BCUT2D eigenvalue weighted by molar-refractivity contribution is 6.33. The second-order valence-corrected chi connectivity index (χ2v) is 5.69. The number of anilines is 1. The molecular weight excluding hydrogens is 264 g/mol. The molecule has 0 spiro atoms. The Morgan fingerprint density at radius 3 is 2.84 bits per heavy atom. The summed E-state index contributed by atoms with van der Waals surface area (Å²) in [4.78, 5) is 15.0. The van der Waals surface area contributed by atoms with E-state index in [0.717, 1.165) is 24.9 Å². The molecule has 104 valence electrons. The van der Waals surface area contributed by atoms with Crippen molar-refractivity contribution in [2.24, 2.45) is 0 Å². The van der Waals surface area contributed by atoms with E-state index < -0.39 is 0 Å². The van der Waals surface area contributed by atoms with Crippen LogP contribution in [-0.2, 0) is 0 Å². The van der Waals surface area contributed by atoms with Gasteiger partial charge in [0.1, 0.15) is 0 Å². The molecule has 0 saturated carbocycles. The number of hydrogen-bond acceptors (Lipinski definition) is 4. The van der Waals surface area contributed by atoms with Gasteiger partial charge in [-0.1, -0.05) is 11.6 Å². The first-order chi connectivity index (χ1) is 9.01. The predicted molar refractivity (Wildman–Crippen MR) is 77.2 cm³/mol. The van der Waals surface area contributed by atoms with Crippen LogP contribution in [-0.4, -0.2) is 55.6 Å². The van der Waals surface area contributed by atoms with Gasteiger partial charge in [-0.3, -0.25) is 4.79 Å². The molecular formula is C14H19ClN2O2. The summed E-state index contributed by atoms with van der Waals surface area (Å²) >= 11 is 6.07. The first-order valence-electron chi connectivity index (χ1n) is 6.35. The van der Waals surface area contributed by atoms with E-state index in [9.17, 15) is 9.90 Å². The van der Waals surface area contributed by atoms with Gasteiger partial charge in [-0.05, 0) is 38.7 Å². The number of aliphatic hydroxyl groups is 1. The zero-order valence-electron chi connectivity index (χ0n) is 11.2. The standard InChI is InChI=1S/C14H19ClN2O2/c1-16(2)7-12-5-13(19)8-17(12)11-4-3-10(9-18)14(15)6-11/h3-4,6,9,12-13,19H,5,7-8H2,1-2H3. The van der Waals surface area contributed by atoms with Crippen LogP contribution in [0.4, 0.5) is 5.69 Å². The van der Waals surface area contributed by atoms with E-state index >= 15 is 0 Å². The molecule has 2 unspecified atom stereocenters. The number of carbonyl (C=O) groups excluding carboxylic acids is 1. The molecule has 1 N–H and O–H groups in total. The second-order valence-electron chi connectivity index (χ2n) is 5.28. The highest BCUT2D eigenvalue weighted by Crippen LogP contribution is 2.29. The van der Waals surface area contributed by atoms with Gasteiger partial charge in [-0.2, -0.15) is 0 Å². The van der Waals surface area contributed by atoms with Crippen LogP contribution in [0.25, 0.3) is 0 Å². The summed E-state index contributed by atoms with van der Waals surface area (Å²) < 4.78 is 0. The maximum absolute atomic E-state index is 10.8. The molecule has 0 bridgehead atoms. The molecule has 2 atom stereocenters. The van der Waals surface area contributed by atoms with Crippen molar-refractivity contribution in [2.75, 3.05) is 32.1 Å². The van der Waals surface area contributed by atoms with Gasteiger partial charge in [0.25, 0.3) is 0 Å². The lowest BCUT2D eigenvalue weighted by Gasteiger charge is -2.29. The number of β-amino-alcohol motifs (C(OH)–C–C–N with tert-alkyl or cyclic N) is 1. The van der Waals surface area contributed by atoms with Crippen LogP contribution in [0.1, 0.15) is 16.8 Å². The molecule has 5 heteroatoms. The topological polar surface area (TPSA) is 43.8 Å². The van der Waals surface area contributed by atoms with Gasteiger partial charge >= 0.3 is 0 Å². The molecule has 1 fully saturated rings. The summed E-state index contributed by atoms with van der Waals surface area (Å²) in [5.74, 6) is 0. The summed E-state index contributed by atoms with van der Waals surface area (Å²) in [7, 11) is 4.04. The van der Waals surface area contributed by atoms with E-state index in [4.69, 9.17) is 11.6 Å². The van der Waals surface area contributed by atoms with Crippen LogP contribution in [0.3, 0.4) is 0 Å². The van der Waals surface area contributed by atoms with Crippen molar-refractivity contribution in [3.8, 4) is 0 Å². The fourth-order valence-corrected chi connectivity index (χ4v) is 2.81. The summed E-state index contributed by atoms with van der Waals surface area (Å²) in [5.41, 5.74) is 1.45. The van der Waals surface area contributed by atoms with Crippen LogP contribution in [0.5, 0.6) is 0 Å². The number of aliphatic hydroxyl groups excluding tert-OH is 1. The Hall–Kier alpha value is -1.10. The lowest BCUT2D eigenvalue weighted by Crippen LogP contribution is -2.37. The molecule has 4 nitrogen and oxygen atoms in total. The minimum atomic E-state index is -0.311. The molecule has 0 aliphatic carbocycles. The Balaban J connectivity index is 2.23. The third kappa shape index (κ3) is 3.26. The van der Waals surface area contributed by atoms with Gasteiger partial charge in [-0.15, -0.1) is 0 Å². The molecule has 0 aromatic heterocycles. The number of benzene rings is 1. The van der Waals surface area contributed by atoms with Gasteiger partial charge in [0.05, 0.1) is 11.1 Å². The average Bonchev–Trinajstić information content (AvgIpc) is 2.69. The Bertz CT molecular complexity index is 465. The van der Waals surface area contributed by atoms with E-state index in [1.165, 1.54) is 0 Å². The van der Waals surface area contributed by atoms with Crippen LogP contribution in [0.2, 0.25) is 5.02 Å². The average molecular weight is 283 g/mol. The normalized spacial score (nSPS) is 23.1. The fraction of sp³-hybridized carbons (Fsp3) is 0.500. The Morgan fingerprint density at radius 1 is 1.53 bits per heavy atom. The number of aldehydes is 1. The maximum Gasteiger partial charge on any atom is 0.151 e. The van der Waals surface area contributed by atoms with Crippen molar-refractivity contribution in [2.45, 2.75) is 18.6 Å². The Labute approximate surface area is 118 Å². The van der Waals surface area contributed by atoms with E-state index in [0.29, 0.717) is 17.1 Å². The Kier molecular flexibility index (Phi) is 4.45. The number of hydrogen-bond donors (Lipinski definition) is 1. The quantitative estimate of drug-likeness (QED) is 0.853. The smallest absolute Gasteiger partial charge is 0.151 e. The van der Waals surface area contributed by atoms with Crippen LogP contribution in [0, 0.1) is 0 Å². The third-order valence-corrected chi connectivity index (χ3v) is 3.74. The predicted octanol–water partition coefficient (Wildman–Crippen LogP) is 1.65. The zero-order valence-corrected chi connectivity index (χ0v) is 12.0. The lowest BCUT2D eigenvalue weighted by atomic mass is 10.1. The fourth-order valence-electron chi connectivity index (χ4n) is 2.59. The highest BCUT2D eigenvalue weighted by atomic mass is 35.5. The molecule has 1 saturated heterocycles. The van der Waals surface area contributed by atoms with E-state index in [1.807, 2.05) is 20.2 Å². The van der Waals surface area contributed by atoms with Crippen LogP contribution in [0.15, 0.2) is 18.2 Å². The second kappa shape index (κ2) is 5.90. The van der Waals surface area contributed by atoms with Gasteiger partial charge < -0.3 is 14.9 Å². The van der Waals surface area contributed by atoms with E-state index in [-0.39, 0.29) is 12.1 Å². The molecule has 1 heterocycles. The van der Waals surface area contributed by atoms with Crippen molar-refractivity contribution in [1.29, 1.82) is 0 Å². The minimum absolute atomic E-state index is 0.267. The number of carbonyl (C=O) groups is 1. The van der Waals surface area contributed by atoms with Crippen molar-refractivity contribution < 1.29 is 9.90 Å². The van der Waals surface area contributed by atoms with Gasteiger partial charge in [0.2, 0.25) is 0 Å². The molecule has 1 aliphatic rings. The number of nitrogens with zero attached hydrogens (tertiary/aromatic N) is 2. The van der Waals surface area contributed by atoms with Crippen molar-refractivity contribution in [3.63, 3.8) is 0 Å². The van der Waals surface area contributed by atoms with Crippen molar-refractivity contribution in [3.05, 3.63) is 28.8 Å². The van der Waals surface area contributed by atoms with Crippen LogP contribution < -0.4 is 4.90 Å². The van der Waals surface area contributed by atoms with E-state index in [2.05, 4.69) is 9.80 Å². The molecule has 1 aromatic carbocycles. The molecule has 2 rings (SSSR count). The van der Waals surface area contributed by atoms with Gasteiger partial charge in [0.15, 0.2) is 6.29 Å². The summed E-state index contributed by atoms with van der Waals surface area (Å²) in [6.45, 7) is 1.49. The molecule has 1 aliphatic heterocycles. The third-order valence-electron chi connectivity index (χ3n) is 3.41. The molecule has 1 aromatic rings. The summed E-state index contributed by atoms with van der Waals surface area (Å²) in [5, 5.41) is 10.3. The summed E-state index contributed by atoms with van der Waals surface area (Å²) in [6.07, 6.45) is 1.20. The van der Waals surface area contributed by atoms with Gasteiger partial charge in [0, 0.05) is 30.4 Å². The minimum Gasteiger partial charge on any atom is -0.391 e. The number of likely N-dealkylation sites (N-methyl/N-ethyl adjacent to an activating group) is 1. The maximum atomic E-state index is 10.8.